The number of nitrogens with one attached hydrogen (secondary N) is 1. The number of hydrogen-bond donors (Lipinski definition) is 1. The number of benzene rings is 1. The maximum Gasteiger partial charge on any atom is 0.306 e. The van der Waals surface area contributed by atoms with Crippen LogP contribution in [0.3, 0.4) is 0 Å². The standard InChI is InChI=1S/C15H16BrNO3/c16-12-7-3-4-8-13(12)17-14(18)10-20-15(19)9-11-5-1-2-6-11/h1,3-5,7-8,11H,2,6,9-10H2,(H,17,18)/t11-/m0/s1. The van der Waals surface area contributed by atoms with Gasteiger partial charge in [0, 0.05) is 4.47 Å². The van der Waals surface area contributed by atoms with Gasteiger partial charge < -0.3 is 10.1 Å². The lowest BCUT2D eigenvalue weighted by Gasteiger charge is -2.09. The molecule has 0 fully saturated rings. The molecule has 1 atom stereocenters. The molecular formula is C15H16BrNO3. The van der Waals surface area contributed by atoms with Crippen molar-refractivity contribution < 1.29 is 14.3 Å². The van der Waals surface area contributed by atoms with Crippen LogP contribution >= 0.6 is 15.9 Å². The Morgan fingerprint density at radius 3 is 2.85 bits per heavy atom. The first kappa shape index (κ1) is 14.8. The van der Waals surface area contributed by atoms with Crippen LogP contribution in [0.2, 0.25) is 0 Å². The van der Waals surface area contributed by atoms with E-state index < -0.39 is 0 Å². The Hall–Kier alpha value is -1.62. The predicted octanol–water partition coefficient (Wildman–Crippen LogP) is 3.29. The lowest BCUT2D eigenvalue weighted by Crippen LogP contribution is -2.21. The summed E-state index contributed by atoms with van der Waals surface area (Å²) >= 11 is 3.33. The Morgan fingerprint density at radius 1 is 1.35 bits per heavy atom. The van der Waals surface area contributed by atoms with E-state index in [9.17, 15) is 9.59 Å². The minimum absolute atomic E-state index is 0.253. The molecule has 5 heteroatoms. The third kappa shape index (κ3) is 4.49. The van der Waals surface area contributed by atoms with Crippen molar-refractivity contribution in [3.8, 4) is 0 Å². The number of allylic oxidation sites excluding steroid dienone is 2. The fourth-order valence-corrected chi connectivity index (χ4v) is 2.42. The van der Waals surface area contributed by atoms with Crippen molar-refractivity contribution in [2.24, 2.45) is 5.92 Å². The molecule has 0 unspecified atom stereocenters. The zero-order valence-electron chi connectivity index (χ0n) is 11.0. The summed E-state index contributed by atoms with van der Waals surface area (Å²) in [6.45, 7) is -0.253. The van der Waals surface area contributed by atoms with E-state index in [0.29, 0.717) is 12.1 Å². The Labute approximate surface area is 126 Å². The Balaban J connectivity index is 1.73. The molecule has 0 bridgehead atoms. The fourth-order valence-electron chi connectivity index (χ4n) is 2.03. The molecule has 0 radical (unpaired) electrons. The number of esters is 1. The van der Waals surface area contributed by atoms with Gasteiger partial charge in [0.05, 0.1) is 12.1 Å². The van der Waals surface area contributed by atoms with Gasteiger partial charge >= 0.3 is 5.97 Å². The summed E-state index contributed by atoms with van der Waals surface area (Å²) in [4.78, 5) is 23.3. The molecule has 0 spiro atoms. The Bertz CT molecular complexity index is 528. The summed E-state index contributed by atoms with van der Waals surface area (Å²) in [7, 11) is 0. The molecule has 1 aliphatic carbocycles. The van der Waals surface area contributed by atoms with Gasteiger partial charge in [-0.05, 0) is 46.8 Å². The van der Waals surface area contributed by atoms with E-state index >= 15 is 0 Å². The maximum absolute atomic E-state index is 11.7. The van der Waals surface area contributed by atoms with Gasteiger partial charge in [-0.1, -0.05) is 24.3 Å². The monoisotopic (exact) mass is 337 g/mol. The van der Waals surface area contributed by atoms with Gasteiger partial charge in [0.15, 0.2) is 6.61 Å². The van der Waals surface area contributed by atoms with Gasteiger partial charge in [0.25, 0.3) is 5.91 Å². The van der Waals surface area contributed by atoms with Crippen molar-refractivity contribution in [3.05, 3.63) is 40.9 Å². The average molecular weight is 338 g/mol. The summed E-state index contributed by atoms with van der Waals surface area (Å²) in [5, 5.41) is 2.68. The second kappa shape index (κ2) is 7.24. The third-order valence-electron chi connectivity index (χ3n) is 3.05. The van der Waals surface area contributed by atoms with Crippen LogP contribution in [-0.2, 0) is 14.3 Å². The molecule has 1 N–H and O–H groups in total. The molecule has 20 heavy (non-hydrogen) atoms. The van der Waals surface area contributed by atoms with Gasteiger partial charge in [-0.3, -0.25) is 9.59 Å². The minimum Gasteiger partial charge on any atom is -0.456 e. The highest BCUT2D eigenvalue weighted by Gasteiger charge is 2.16. The Kier molecular flexibility index (Phi) is 5.35. The number of carbonyl (C=O) groups excluding carboxylic acids is 2. The van der Waals surface area contributed by atoms with E-state index in [0.717, 1.165) is 17.3 Å². The highest BCUT2D eigenvalue weighted by Crippen LogP contribution is 2.22. The third-order valence-corrected chi connectivity index (χ3v) is 3.74. The molecule has 0 saturated heterocycles. The smallest absolute Gasteiger partial charge is 0.306 e. The molecule has 4 nitrogen and oxygen atoms in total. The number of amides is 1. The summed E-state index contributed by atoms with van der Waals surface area (Å²) in [5.41, 5.74) is 0.660. The van der Waals surface area contributed by atoms with Gasteiger partial charge in [0.2, 0.25) is 0 Å². The first-order valence-corrected chi connectivity index (χ1v) is 7.31. The summed E-state index contributed by atoms with van der Waals surface area (Å²) < 4.78 is 5.77. The quantitative estimate of drug-likeness (QED) is 0.662. The summed E-state index contributed by atoms with van der Waals surface area (Å²) in [6.07, 6.45) is 6.44. The number of halogens is 1. The zero-order chi connectivity index (χ0) is 14.4. The van der Waals surface area contributed by atoms with Gasteiger partial charge in [-0.2, -0.15) is 0 Å². The Morgan fingerprint density at radius 2 is 2.15 bits per heavy atom. The molecule has 1 aromatic carbocycles. The van der Waals surface area contributed by atoms with E-state index in [-0.39, 0.29) is 24.4 Å². The van der Waals surface area contributed by atoms with Crippen LogP contribution in [0.4, 0.5) is 5.69 Å². The van der Waals surface area contributed by atoms with Crippen molar-refractivity contribution in [3.63, 3.8) is 0 Å². The molecule has 1 aromatic rings. The number of carbonyl (C=O) groups is 2. The van der Waals surface area contributed by atoms with E-state index in [4.69, 9.17) is 4.74 Å². The number of hydrogen-bond acceptors (Lipinski definition) is 3. The molecule has 1 aliphatic rings. The molecule has 1 amide bonds. The number of ether oxygens (including phenoxy) is 1. The van der Waals surface area contributed by atoms with Crippen LogP contribution in [0.5, 0.6) is 0 Å². The van der Waals surface area contributed by atoms with Gasteiger partial charge in [0.1, 0.15) is 0 Å². The van der Waals surface area contributed by atoms with E-state index in [1.54, 1.807) is 6.07 Å². The second-order valence-electron chi connectivity index (χ2n) is 4.66. The maximum atomic E-state index is 11.7. The lowest BCUT2D eigenvalue weighted by molar-refractivity contribution is -0.147. The largest absolute Gasteiger partial charge is 0.456 e. The van der Waals surface area contributed by atoms with E-state index in [2.05, 4.69) is 27.3 Å². The summed E-state index contributed by atoms with van der Waals surface area (Å²) in [6, 6.07) is 7.27. The molecule has 0 aromatic heterocycles. The van der Waals surface area contributed by atoms with Gasteiger partial charge in [-0.25, -0.2) is 0 Å². The first-order valence-electron chi connectivity index (χ1n) is 6.52. The normalized spacial score (nSPS) is 16.9. The predicted molar refractivity (Wildman–Crippen MR) is 80.2 cm³/mol. The second-order valence-corrected chi connectivity index (χ2v) is 5.51. The van der Waals surface area contributed by atoms with Crippen LogP contribution in [0.15, 0.2) is 40.9 Å². The summed E-state index contributed by atoms with van der Waals surface area (Å²) in [5.74, 6) is -0.412. The zero-order valence-corrected chi connectivity index (χ0v) is 12.6. The lowest BCUT2D eigenvalue weighted by atomic mass is 10.1. The topological polar surface area (TPSA) is 55.4 Å². The fraction of sp³-hybridized carbons (Fsp3) is 0.333. The van der Waals surface area contributed by atoms with Crippen LogP contribution in [0, 0.1) is 5.92 Å². The number of para-hydroxylation sites is 1. The van der Waals surface area contributed by atoms with Crippen LogP contribution in [0.25, 0.3) is 0 Å². The van der Waals surface area contributed by atoms with Crippen molar-refractivity contribution >= 4 is 33.5 Å². The highest BCUT2D eigenvalue weighted by atomic mass is 79.9. The molecule has 0 saturated carbocycles. The van der Waals surface area contributed by atoms with Crippen LogP contribution in [0.1, 0.15) is 19.3 Å². The molecule has 2 rings (SSSR count). The molecule has 0 heterocycles. The number of rotatable bonds is 5. The van der Waals surface area contributed by atoms with Crippen molar-refractivity contribution in [1.82, 2.24) is 0 Å². The molecule has 0 aliphatic heterocycles. The average Bonchev–Trinajstić information content (AvgIpc) is 2.92. The highest BCUT2D eigenvalue weighted by molar-refractivity contribution is 9.10. The molecular weight excluding hydrogens is 322 g/mol. The van der Waals surface area contributed by atoms with E-state index in [1.165, 1.54) is 0 Å². The van der Waals surface area contributed by atoms with Crippen molar-refractivity contribution in [2.75, 3.05) is 11.9 Å². The van der Waals surface area contributed by atoms with Crippen LogP contribution in [-0.4, -0.2) is 18.5 Å². The number of anilines is 1. The van der Waals surface area contributed by atoms with Crippen LogP contribution < -0.4 is 5.32 Å². The van der Waals surface area contributed by atoms with Gasteiger partial charge in [-0.15, -0.1) is 0 Å². The van der Waals surface area contributed by atoms with E-state index in [1.807, 2.05) is 24.3 Å². The minimum atomic E-state index is -0.341. The SMILES string of the molecule is O=C(COC(=O)C[C@H]1C=CCC1)Nc1ccccc1Br. The molecule has 106 valence electrons. The van der Waals surface area contributed by atoms with Crippen molar-refractivity contribution in [2.45, 2.75) is 19.3 Å². The van der Waals surface area contributed by atoms with Crippen molar-refractivity contribution in [1.29, 1.82) is 0 Å². The first-order chi connectivity index (χ1) is 9.65.